The number of carbonyl (C=O) groups is 4. The van der Waals surface area contributed by atoms with E-state index in [1.165, 1.54) is 13.3 Å². The van der Waals surface area contributed by atoms with Crippen molar-refractivity contribution >= 4 is 35.4 Å². The van der Waals surface area contributed by atoms with Crippen LogP contribution in [0.25, 0.3) is 0 Å². The highest BCUT2D eigenvalue weighted by Crippen LogP contribution is 2.07. The lowest BCUT2D eigenvalue weighted by Gasteiger charge is -2.21. The fraction of sp³-hybridized carbons (Fsp3) is 0.348. The molecule has 0 fully saturated rings. The highest BCUT2D eigenvalue weighted by molar-refractivity contribution is 7.99. The Morgan fingerprint density at radius 1 is 0.971 bits per heavy atom. The molecule has 0 bridgehead atoms. The van der Waals surface area contributed by atoms with Crippen LogP contribution >= 0.6 is 11.8 Å². The normalized spacial score (nSPS) is 12.1. The molecule has 1 aromatic carbocycles. The second-order valence-corrected chi connectivity index (χ2v) is 8.10. The van der Waals surface area contributed by atoms with Crippen molar-refractivity contribution in [3.63, 3.8) is 0 Å². The van der Waals surface area contributed by atoms with Gasteiger partial charge in [-0.05, 0) is 23.8 Å². The van der Waals surface area contributed by atoms with Crippen molar-refractivity contribution in [2.24, 2.45) is 0 Å². The average Bonchev–Trinajstić information content (AvgIpc) is 2.88. The van der Waals surface area contributed by atoms with Gasteiger partial charge in [-0.15, -0.1) is 11.8 Å². The van der Waals surface area contributed by atoms with Gasteiger partial charge in [0, 0.05) is 25.4 Å². The Bertz CT molecular complexity index is 971. The van der Waals surface area contributed by atoms with Gasteiger partial charge in [0.15, 0.2) is 5.37 Å². The molecule has 1 aromatic heterocycles. The predicted octanol–water partition coefficient (Wildman–Crippen LogP) is 1.36. The number of thioether (sulfide) groups is 1. The number of Topliss-reactive ketones (excluding diaryl/α,β-unsaturated/α-hetero) is 1. The number of rotatable bonds is 12. The third kappa shape index (κ3) is 8.39. The van der Waals surface area contributed by atoms with Gasteiger partial charge in [0.25, 0.3) is 11.8 Å². The van der Waals surface area contributed by atoms with Crippen molar-refractivity contribution in [3.8, 4) is 5.88 Å². The Morgan fingerprint density at radius 3 is 2.26 bits per heavy atom. The van der Waals surface area contributed by atoms with Crippen molar-refractivity contribution < 1.29 is 23.9 Å². The molecule has 0 spiro atoms. The summed E-state index contributed by atoms with van der Waals surface area (Å²) >= 11 is 1.10. The van der Waals surface area contributed by atoms with Gasteiger partial charge in [-0.1, -0.05) is 43.3 Å². The van der Waals surface area contributed by atoms with E-state index >= 15 is 0 Å². The number of nitrogens with zero attached hydrogens (tertiary/aromatic N) is 1. The molecule has 1 heterocycles. The lowest BCUT2D eigenvalue weighted by Crippen LogP contribution is -2.53. The summed E-state index contributed by atoms with van der Waals surface area (Å²) in [6.45, 7) is 2.08. The van der Waals surface area contributed by atoms with Crippen LogP contribution < -0.4 is 26.0 Å². The summed E-state index contributed by atoms with van der Waals surface area (Å²) in [5.41, 5.74) is 1.60. The number of methoxy groups -OCH3 is 1. The Hall–Kier alpha value is -3.60. The molecule has 2 aromatic rings. The van der Waals surface area contributed by atoms with Crippen molar-refractivity contribution in [2.75, 3.05) is 13.4 Å². The SMILES string of the molecule is CCC(NC(=O)C(NC(=O)NCc1ccccc1)SC)C(=O)C(=O)NCc1ccc(OC)nc1. The summed E-state index contributed by atoms with van der Waals surface area (Å²) in [4.78, 5) is 53.7. The molecule has 10 nitrogen and oxygen atoms in total. The number of urea groups is 1. The van der Waals surface area contributed by atoms with E-state index in [9.17, 15) is 19.2 Å². The molecule has 2 atom stereocenters. The summed E-state index contributed by atoms with van der Waals surface area (Å²) in [5, 5.41) is 9.38. The van der Waals surface area contributed by atoms with Gasteiger partial charge < -0.3 is 26.0 Å². The highest BCUT2D eigenvalue weighted by Gasteiger charge is 2.28. The van der Waals surface area contributed by atoms with Gasteiger partial charge in [0.2, 0.25) is 11.7 Å². The predicted molar refractivity (Wildman–Crippen MR) is 129 cm³/mol. The van der Waals surface area contributed by atoms with Gasteiger partial charge >= 0.3 is 6.03 Å². The van der Waals surface area contributed by atoms with Crippen LogP contribution in [0.1, 0.15) is 24.5 Å². The zero-order valence-electron chi connectivity index (χ0n) is 19.3. The molecule has 0 aliphatic heterocycles. The van der Waals surface area contributed by atoms with Crippen LogP contribution in [0.4, 0.5) is 4.79 Å². The largest absolute Gasteiger partial charge is 0.481 e. The number of hydrogen-bond acceptors (Lipinski definition) is 7. The van der Waals surface area contributed by atoms with E-state index in [-0.39, 0.29) is 13.0 Å². The third-order valence-electron chi connectivity index (χ3n) is 4.76. The van der Waals surface area contributed by atoms with Gasteiger partial charge in [-0.3, -0.25) is 14.4 Å². The van der Waals surface area contributed by atoms with E-state index in [1.807, 2.05) is 30.3 Å². The van der Waals surface area contributed by atoms with Crippen LogP contribution in [0.2, 0.25) is 0 Å². The van der Waals surface area contributed by atoms with Crippen LogP contribution in [-0.2, 0) is 27.5 Å². The Labute approximate surface area is 202 Å². The number of nitrogens with one attached hydrogen (secondary N) is 4. The molecule has 2 unspecified atom stereocenters. The zero-order chi connectivity index (χ0) is 24.9. The molecule has 182 valence electrons. The van der Waals surface area contributed by atoms with E-state index < -0.39 is 35.0 Å². The van der Waals surface area contributed by atoms with Crippen LogP contribution in [-0.4, -0.2) is 53.4 Å². The number of carbonyl (C=O) groups excluding carboxylic acids is 4. The van der Waals surface area contributed by atoms with E-state index in [2.05, 4.69) is 26.3 Å². The summed E-state index contributed by atoms with van der Waals surface area (Å²) in [7, 11) is 1.50. The summed E-state index contributed by atoms with van der Waals surface area (Å²) < 4.78 is 4.98. The molecule has 11 heteroatoms. The molecule has 0 radical (unpaired) electrons. The maximum absolute atomic E-state index is 12.6. The summed E-state index contributed by atoms with van der Waals surface area (Å²) in [6.07, 6.45) is 3.39. The minimum absolute atomic E-state index is 0.0997. The van der Waals surface area contributed by atoms with E-state index in [0.29, 0.717) is 18.0 Å². The maximum atomic E-state index is 12.6. The minimum atomic E-state index is -1.02. The first-order chi connectivity index (χ1) is 16.4. The fourth-order valence-corrected chi connectivity index (χ4v) is 3.35. The van der Waals surface area contributed by atoms with Crippen molar-refractivity contribution in [1.82, 2.24) is 26.3 Å². The number of aromatic nitrogens is 1. The lowest BCUT2D eigenvalue weighted by molar-refractivity contribution is -0.140. The van der Waals surface area contributed by atoms with Crippen molar-refractivity contribution in [3.05, 3.63) is 59.8 Å². The number of amides is 4. The van der Waals surface area contributed by atoms with Crippen LogP contribution in [0.15, 0.2) is 48.7 Å². The van der Waals surface area contributed by atoms with Crippen LogP contribution in [0.5, 0.6) is 5.88 Å². The van der Waals surface area contributed by atoms with E-state index in [0.717, 1.165) is 17.3 Å². The number of pyridine rings is 1. The Balaban J connectivity index is 1.85. The lowest BCUT2D eigenvalue weighted by atomic mass is 10.1. The quantitative estimate of drug-likeness (QED) is 0.262. The van der Waals surface area contributed by atoms with E-state index in [1.54, 1.807) is 25.3 Å². The highest BCUT2D eigenvalue weighted by atomic mass is 32.2. The zero-order valence-corrected chi connectivity index (χ0v) is 20.1. The molecule has 0 saturated heterocycles. The average molecular weight is 488 g/mol. The molecule has 4 amide bonds. The van der Waals surface area contributed by atoms with Gasteiger partial charge in [-0.2, -0.15) is 0 Å². The fourth-order valence-electron chi connectivity index (χ4n) is 2.84. The second kappa shape index (κ2) is 13.8. The summed E-state index contributed by atoms with van der Waals surface area (Å²) in [6, 6.07) is 11.1. The molecule has 0 saturated carbocycles. The molecule has 0 aliphatic carbocycles. The van der Waals surface area contributed by atoms with Gasteiger partial charge in [0.05, 0.1) is 13.2 Å². The molecular weight excluding hydrogens is 458 g/mol. The topological polar surface area (TPSA) is 139 Å². The Morgan fingerprint density at radius 2 is 1.68 bits per heavy atom. The molecule has 34 heavy (non-hydrogen) atoms. The van der Waals surface area contributed by atoms with E-state index in [4.69, 9.17) is 4.74 Å². The first-order valence-corrected chi connectivity index (χ1v) is 11.9. The number of ether oxygens (including phenoxy) is 1. The molecule has 0 aliphatic rings. The summed E-state index contributed by atoms with van der Waals surface area (Å²) in [5.74, 6) is -1.73. The Kier molecular flexibility index (Phi) is 10.8. The number of benzene rings is 1. The first kappa shape index (κ1) is 26.7. The third-order valence-corrected chi connectivity index (χ3v) is 5.56. The van der Waals surface area contributed by atoms with Gasteiger partial charge in [-0.25, -0.2) is 9.78 Å². The van der Waals surface area contributed by atoms with Crippen LogP contribution in [0.3, 0.4) is 0 Å². The van der Waals surface area contributed by atoms with Gasteiger partial charge in [0.1, 0.15) is 0 Å². The number of ketones is 1. The maximum Gasteiger partial charge on any atom is 0.316 e. The first-order valence-electron chi connectivity index (χ1n) is 10.6. The number of hydrogen-bond donors (Lipinski definition) is 4. The molecule has 2 rings (SSSR count). The standard InChI is InChI=1S/C23H29N5O5S/c1-4-17(19(29)20(30)25-14-16-10-11-18(33-2)24-13-16)27-21(31)22(34-3)28-23(32)26-12-15-8-6-5-7-9-15/h5-11,13,17,22H,4,12,14H2,1-3H3,(H,25,30)(H,27,31)(H2,26,28,32). The van der Waals surface area contributed by atoms with Crippen LogP contribution in [0, 0.1) is 0 Å². The smallest absolute Gasteiger partial charge is 0.316 e. The monoisotopic (exact) mass is 487 g/mol. The van der Waals surface area contributed by atoms with Crippen molar-refractivity contribution in [1.29, 1.82) is 0 Å². The molecular formula is C23H29N5O5S. The second-order valence-electron chi connectivity index (χ2n) is 7.15. The molecule has 4 N–H and O–H groups in total. The minimum Gasteiger partial charge on any atom is -0.481 e. The van der Waals surface area contributed by atoms with Crippen molar-refractivity contribution in [2.45, 2.75) is 37.8 Å².